The summed E-state index contributed by atoms with van der Waals surface area (Å²) in [7, 11) is 0. The van der Waals surface area contributed by atoms with Crippen LogP contribution < -0.4 is 0 Å². The molecule has 0 unspecified atom stereocenters. The normalized spacial score (nSPS) is 47.1. The molecule has 5 atom stereocenters. The Morgan fingerprint density at radius 2 is 2.00 bits per heavy atom. The van der Waals surface area contributed by atoms with E-state index in [0.717, 1.165) is 12.7 Å². The fourth-order valence-electron chi connectivity index (χ4n) is 2.11. The second-order valence-electron chi connectivity index (χ2n) is 3.83. The van der Waals surface area contributed by atoms with E-state index in [9.17, 15) is 4.79 Å². The number of carbonyl (C=O) groups excluding carboxylic acids is 1. The van der Waals surface area contributed by atoms with Crippen LogP contribution in [0.25, 0.3) is 0 Å². The summed E-state index contributed by atoms with van der Waals surface area (Å²) >= 11 is 2.17. The van der Waals surface area contributed by atoms with Gasteiger partial charge in [0.25, 0.3) is 0 Å². The lowest BCUT2D eigenvalue weighted by atomic mass is 9.92. The molecule has 0 radical (unpaired) electrons. The van der Waals surface area contributed by atoms with Crippen LogP contribution >= 0.6 is 22.6 Å². The molecule has 2 bridgehead atoms. The van der Waals surface area contributed by atoms with Crippen molar-refractivity contribution in [2.24, 2.45) is 5.92 Å². The third-order valence-electron chi connectivity index (χ3n) is 3.00. The maximum absolute atomic E-state index is 10.8. The zero-order valence-electron chi connectivity index (χ0n) is 7.93. The van der Waals surface area contributed by atoms with E-state index in [0.29, 0.717) is 0 Å². The minimum atomic E-state index is -0.286. The summed E-state index contributed by atoms with van der Waals surface area (Å²) in [6.45, 7) is 2.01. The van der Waals surface area contributed by atoms with Crippen LogP contribution in [-0.2, 0) is 14.3 Å². The van der Waals surface area contributed by atoms with E-state index in [1.807, 2.05) is 17.1 Å². The molecule has 0 aliphatic carbocycles. The lowest BCUT2D eigenvalue weighted by Gasteiger charge is -2.29. The highest BCUT2D eigenvalue weighted by molar-refractivity contribution is 14.1. The Balaban J connectivity index is 2.11. The van der Waals surface area contributed by atoms with Crippen molar-refractivity contribution >= 4 is 28.9 Å². The van der Waals surface area contributed by atoms with E-state index < -0.39 is 0 Å². The molecule has 2 aliphatic rings. The molecular formula is C10H13IO3. The second-order valence-corrected chi connectivity index (χ2v) is 4.55. The molecule has 0 spiro atoms. The summed E-state index contributed by atoms with van der Waals surface area (Å²) in [6, 6.07) is 0. The van der Waals surface area contributed by atoms with Gasteiger partial charge < -0.3 is 14.3 Å². The van der Waals surface area contributed by atoms with E-state index >= 15 is 0 Å². The van der Waals surface area contributed by atoms with Crippen LogP contribution in [0.15, 0.2) is 10.2 Å². The third kappa shape index (κ3) is 1.75. The lowest BCUT2D eigenvalue weighted by Crippen LogP contribution is -2.39. The Kier molecular flexibility index (Phi) is 3.23. The molecule has 2 fully saturated rings. The Bertz CT molecular complexity index is 254. The molecule has 3 nitrogen and oxygen atoms in total. The van der Waals surface area contributed by atoms with Gasteiger partial charge in [0, 0.05) is 12.3 Å². The molecule has 0 saturated carbocycles. The molecule has 2 saturated heterocycles. The van der Waals surface area contributed by atoms with Crippen LogP contribution in [0.5, 0.6) is 0 Å². The van der Waals surface area contributed by atoms with Crippen molar-refractivity contribution in [3.8, 4) is 0 Å². The van der Waals surface area contributed by atoms with Gasteiger partial charge in [-0.3, -0.25) is 0 Å². The minimum Gasteiger partial charge on any atom is -0.368 e. The van der Waals surface area contributed by atoms with Crippen LogP contribution in [0.4, 0.5) is 0 Å². The average Bonchev–Trinajstić information content (AvgIpc) is 2.52. The summed E-state index contributed by atoms with van der Waals surface area (Å²) in [4.78, 5) is 10.8. The van der Waals surface area contributed by atoms with E-state index in [2.05, 4.69) is 22.6 Å². The first-order valence-corrected chi connectivity index (χ1v) is 6.04. The number of hydrogen-bond donors (Lipinski definition) is 0. The fraction of sp³-hybridized carbons (Fsp3) is 0.700. The maximum Gasteiger partial charge on any atom is 0.149 e. The van der Waals surface area contributed by atoms with Crippen molar-refractivity contribution in [3.63, 3.8) is 0 Å². The molecule has 14 heavy (non-hydrogen) atoms. The molecule has 0 N–H and O–H groups in total. The number of halogens is 1. The van der Waals surface area contributed by atoms with E-state index in [4.69, 9.17) is 9.47 Å². The van der Waals surface area contributed by atoms with Crippen molar-refractivity contribution in [1.29, 1.82) is 0 Å². The number of ether oxygens (including phenoxy) is 2. The summed E-state index contributed by atoms with van der Waals surface area (Å²) < 4.78 is 13.4. The smallest absolute Gasteiger partial charge is 0.149 e. The number of aldehydes is 1. The van der Waals surface area contributed by atoms with Crippen LogP contribution in [0.3, 0.4) is 0 Å². The third-order valence-corrected chi connectivity index (χ3v) is 3.41. The maximum atomic E-state index is 10.8. The molecular weight excluding hydrogens is 295 g/mol. The van der Waals surface area contributed by atoms with Crippen LogP contribution in [0.2, 0.25) is 0 Å². The molecule has 2 heterocycles. The van der Waals surface area contributed by atoms with Gasteiger partial charge in [-0.25, -0.2) is 0 Å². The van der Waals surface area contributed by atoms with Gasteiger partial charge in [-0.05, 0) is 10.2 Å². The van der Waals surface area contributed by atoms with Crippen molar-refractivity contribution in [1.82, 2.24) is 0 Å². The van der Waals surface area contributed by atoms with Crippen LogP contribution in [-0.4, -0.2) is 30.7 Å². The molecule has 0 aromatic rings. The SMILES string of the molecule is C[C@H]1[C@@H](C=O)O[C@@H]2C[C@H]1O[C@H]2/C=C/I. The highest BCUT2D eigenvalue weighted by Crippen LogP contribution is 2.36. The topological polar surface area (TPSA) is 35.5 Å². The second kappa shape index (κ2) is 4.28. The molecule has 4 heteroatoms. The largest absolute Gasteiger partial charge is 0.368 e. The Hall–Kier alpha value is 0.0600. The molecule has 2 aliphatic heterocycles. The number of carbonyl (C=O) groups is 1. The van der Waals surface area contributed by atoms with Gasteiger partial charge in [0.2, 0.25) is 0 Å². The van der Waals surface area contributed by atoms with Gasteiger partial charge in [0.05, 0.1) is 12.2 Å². The Morgan fingerprint density at radius 1 is 1.29 bits per heavy atom. The van der Waals surface area contributed by atoms with Crippen LogP contribution in [0.1, 0.15) is 13.3 Å². The predicted molar refractivity (Wildman–Crippen MR) is 60.3 cm³/mol. The van der Waals surface area contributed by atoms with Gasteiger partial charge in [-0.1, -0.05) is 29.5 Å². The summed E-state index contributed by atoms with van der Waals surface area (Å²) in [5.41, 5.74) is 0. The van der Waals surface area contributed by atoms with Crippen molar-refractivity contribution in [2.45, 2.75) is 37.8 Å². The fourth-order valence-corrected chi connectivity index (χ4v) is 2.52. The molecule has 78 valence electrons. The summed E-state index contributed by atoms with van der Waals surface area (Å²) in [5, 5.41) is 0. The zero-order chi connectivity index (χ0) is 10.1. The molecule has 0 aromatic heterocycles. The molecule has 0 amide bonds. The van der Waals surface area contributed by atoms with Gasteiger partial charge in [0.1, 0.15) is 18.5 Å². The van der Waals surface area contributed by atoms with Crippen molar-refractivity contribution in [2.75, 3.05) is 0 Å². The standard InChI is InChI=1S/C10H13IO3/c1-6-8-4-9(14-10(6)5-12)7(13-8)2-3-11/h2-3,5-10H,4H2,1H3/b3-2+/t6-,7+,8-,9-,10-/m1/s1. The van der Waals surface area contributed by atoms with E-state index in [-0.39, 0.29) is 30.3 Å². The quantitative estimate of drug-likeness (QED) is 0.575. The summed E-state index contributed by atoms with van der Waals surface area (Å²) in [5.74, 6) is 0.177. The first-order chi connectivity index (χ1) is 6.76. The number of fused-ring (bicyclic) bond motifs is 2. The van der Waals surface area contributed by atoms with E-state index in [1.54, 1.807) is 0 Å². The number of hydrogen-bond acceptors (Lipinski definition) is 3. The van der Waals surface area contributed by atoms with Gasteiger partial charge >= 0.3 is 0 Å². The van der Waals surface area contributed by atoms with Gasteiger partial charge in [0.15, 0.2) is 0 Å². The monoisotopic (exact) mass is 308 g/mol. The highest BCUT2D eigenvalue weighted by Gasteiger charge is 2.45. The van der Waals surface area contributed by atoms with E-state index in [1.165, 1.54) is 0 Å². The van der Waals surface area contributed by atoms with Crippen molar-refractivity contribution < 1.29 is 14.3 Å². The first-order valence-electron chi connectivity index (χ1n) is 4.79. The Labute approximate surface area is 97.0 Å². The lowest BCUT2D eigenvalue weighted by molar-refractivity contribution is -0.130. The first kappa shape index (κ1) is 10.6. The van der Waals surface area contributed by atoms with Gasteiger partial charge in [-0.2, -0.15) is 0 Å². The minimum absolute atomic E-state index is 0.0318. The van der Waals surface area contributed by atoms with Gasteiger partial charge in [-0.15, -0.1) is 0 Å². The van der Waals surface area contributed by atoms with Crippen LogP contribution in [0, 0.1) is 5.92 Å². The predicted octanol–water partition coefficient (Wildman–Crippen LogP) is 1.70. The molecule has 0 aromatic carbocycles. The average molecular weight is 308 g/mol. The number of rotatable bonds is 2. The Morgan fingerprint density at radius 3 is 2.64 bits per heavy atom. The molecule has 2 rings (SSSR count). The summed E-state index contributed by atoms with van der Waals surface area (Å²) in [6.07, 6.45) is 3.79. The highest BCUT2D eigenvalue weighted by atomic mass is 127. The van der Waals surface area contributed by atoms with Crippen molar-refractivity contribution in [3.05, 3.63) is 10.2 Å². The zero-order valence-corrected chi connectivity index (χ0v) is 10.1.